The molecule has 0 saturated carbocycles. The van der Waals surface area contributed by atoms with E-state index in [1.807, 2.05) is 24.3 Å². The van der Waals surface area contributed by atoms with Crippen LogP contribution in [-0.4, -0.2) is 18.5 Å². The van der Waals surface area contributed by atoms with Crippen LogP contribution in [-0.2, 0) is 4.79 Å². The number of benzene rings is 1. The van der Waals surface area contributed by atoms with Crippen LogP contribution in [0.25, 0.3) is 0 Å². The first kappa shape index (κ1) is 12.9. The number of unbranched alkanes of at least 4 members (excludes halogenated alkanes) is 1. The van der Waals surface area contributed by atoms with Crippen molar-refractivity contribution in [2.24, 2.45) is 0 Å². The molecule has 2 N–H and O–H groups in total. The van der Waals surface area contributed by atoms with Crippen LogP contribution >= 0.6 is 0 Å². The summed E-state index contributed by atoms with van der Waals surface area (Å²) in [6.45, 7) is 4.97. The molecule has 3 nitrogen and oxygen atoms in total. The minimum absolute atomic E-state index is 0.0368. The van der Waals surface area contributed by atoms with Gasteiger partial charge in [-0.1, -0.05) is 38.0 Å². The summed E-state index contributed by atoms with van der Waals surface area (Å²) in [4.78, 5) is 12.2. The lowest BCUT2D eigenvalue weighted by Gasteiger charge is -2.17. The van der Waals surface area contributed by atoms with E-state index in [0.717, 1.165) is 17.7 Å². The highest BCUT2D eigenvalue weighted by Crippen LogP contribution is 2.31. The molecule has 0 spiro atoms. The van der Waals surface area contributed by atoms with E-state index in [2.05, 4.69) is 24.5 Å². The van der Waals surface area contributed by atoms with Gasteiger partial charge in [-0.25, -0.2) is 0 Å². The molecule has 1 heterocycles. The number of rotatable bonds is 5. The Balaban J connectivity index is 1.95. The molecule has 1 aromatic rings. The molecule has 98 valence electrons. The number of hydrogen-bond donors (Lipinski definition) is 2. The molecule has 0 bridgehead atoms. The molecule has 18 heavy (non-hydrogen) atoms. The summed E-state index contributed by atoms with van der Waals surface area (Å²) in [5.74, 6) is 0.112. The van der Waals surface area contributed by atoms with Gasteiger partial charge in [0.05, 0.1) is 5.92 Å². The first-order valence-corrected chi connectivity index (χ1v) is 6.85. The third kappa shape index (κ3) is 2.84. The van der Waals surface area contributed by atoms with Gasteiger partial charge in [0.25, 0.3) is 0 Å². The van der Waals surface area contributed by atoms with Crippen molar-refractivity contribution in [3.63, 3.8) is 0 Å². The standard InChI is InChI=1S/C15H22N2O/c1-3-4-7-11(2)17-15(18)13-10-16-14-9-6-5-8-12(13)14/h5-6,8-9,11,13,16H,3-4,7,10H2,1-2H3,(H,17,18). The molecule has 0 saturated heterocycles. The van der Waals surface area contributed by atoms with Crippen LogP contribution in [0.2, 0.25) is 0 Å². The highest BCUT2D eigenvalue weighted by molar-refractivity contribution is 5.88. The summed E-state index contributed by atoms with van der Waals surface area (Å²) in [7, 11) is 0. The first-order valence-electron chi connectivity index (χ1n) is 6.85. The molecule has 1 aliphatic heterocycles. The van der Waals surface area contributed by atoms with E-state index in [1.165, 1.54) is 12.8 Å². The second-order valence-corrected chi connectivity index (χ2v) is 5.07. The van der Waals surface area contributed by atoms with Gasteiger partial charge in [-0.15, -0.1) is 0 Å². The maximum Gasteiger partial charge on any atom is 0.229 e. The van der Waals surface area contributed by atoms with E-state index in [1.54, 1.807) is 0 Å². The van der Waals surface area contributed by atoms with Crippen LogP contribution in [0.5, 0.6) is 0 Å². The van der Waals surface area contributed by atoms with Gasteiger partial charge < -0.3 is 10.6 Å². The van der Waals surface area contributed by atoms with Crippen LogP contribution in [0.1, 0.15) is 44.6 Å². The average molecular weight is 246 g/mol. The molecule has 1 aromatic carbocycles. The van der Waals surface area contributed by atoms with Crippen molar-refractivity contribution in [3.05, 3.63) is 29.8 Å². The van der Waals surface area contributed by atoms with Crippen LogP contribution in [0.15, 0.2) is 24.3 Å². The zero-order valence-corrected chi connectivity index (χ0v) is 11.2. The number of amides is 1. The zero-order chi connectivity index (χ0) is 13.0. The number of anilines is 1. The number of fused-ring (bicyclic) bond motifs is 1. The minimum Gasteiger partial charge on any atom is -0.384 e. The van der Waals surface area contributed by atoms with Gasteiger partial charge in [-0.3, -0.25) is 4.79 Å². The van der Waals surface area contributed by atoms with Crippen LogP contribution in [0, 0.1) is 0 Å². The fraction of sp³-hybridized carbons (Fsp3) is 0.533. The lowest BCUT2D eigenvalue weighted by Crippen LogP contribution is -2.36. The third-order valence-corrected chi connectivity index (χ3v) is 3.53. The normalized spacial score (nSPS) is 18.9. The Bertz CT molecular complexity index is 417. The minimum atomic E-state index is -0.0368. The Labute approximate surface area is 109 Å². The SMILES string of the molecule is CCCCC(C)NC(=O)C1CNc2ccccc21. The molecule has 3 heteroatoms. The number of nitrogens with one attached hydrogen (secondary N) is 2. The Morgan fingerprint density at radius 3 is 3.06 bits per heavy atom. The Morgan fingerprint density at radius 2 is 2.28 bits per heavy atom. The van der Waals surface area contributed by atoms with Crippen molar-refractivity contribution in [2.75, 3.05) is 11.9 Å². The van der Waals surface area contributed by atoms with E-state index >= 15 is 0 Å². The molecule has 0 aromatic heterocycles. The number of carbonyl (C=O) groups is 1. The summed E-state index contributed by atoms with van der Waals surface area (Å²) < 4.78 is 0. The summed E-state index contributed by atoms with van der Waals surface area (Å²) in [5, 5.41) is 6.41. The lowest BCUT2D eigenvalue weighted by atomic mass is 10.00. The summed E-state index contributed by atoms with van der Waals surface area (Å²) in [6, 6.07) is 8.33. The lowest BCUT2D eigenvalue weighted by molar-refractivity contribution is -0.122. The topological polar surface area (TPSA) is 41.1 Å². The van der Waals surface area contributed by atoms with Gasteiger partial charge in [-0.2, -0.15) is 0 Å². The van der Waals surface area contributed by atoms with E-state index in [-0.39, 0.29) is 17.9 Å². The zero-order valence-electron chi connectivity index (χ0n) is 11.2. The number of hydrogen-bond acceptors (Lipinski definition) is 2. The van der Waals surface area contributed by atoms with Crippen molar-refractivity contribution in [1.82, 2.24) is 5.32 Å². The quantitative estimate of drug-likeness (QED) is 0.838. The second-order valence-electron chi connectivity index (χ2n) is 5.07. The Kier molecular flexibility index (Phi) is 4.24. The Morgan fingerprint density at radius 1 is 1.50 bits per heavy atom. The molecule has 2 atom stereocenters. The molecular formula is C15H22N2O. The van der Waals surface area contributed by atoms with E-state index in [4.69, 9.17) is 0 Å². The highest BCUT2D eigenvalue weighted by Gasteiger charge is 2.28. The average Bonchev–Trinajstić information content (AvgIpc) is 2.80. The maximum atomic E-state index is 12.2. The summed E-state index contributed by atoms with van der Waals surface area (Å²) in [6.07, 6.45) is 3.40. The fourth-order valence-corrected chi connectivity index (χ4v) is 2.44. The smallest absolute Gasteiger partial charge is 0.229 e. The van der Waals surface area contributed by atoms with Gasteiger partial charge in [0, 0.05) is 18.3 Å². The molecule has 1 aliphatic rings. The molecular weight excluding hydrogens is 224 g/mol. The van der Waals surface area contributed by atoms with Gasteiger partial charge in [0.2, 0.25) is 5.91 Å². The first-order chi connectivity index (χ1) is 8.72. The number of para-hydroxylation sites is 1. The Hall–Kier alpha value is -1.51. The van der Waals surface area contributed by atoms with Crippen LogP contribution in [0.4, 0.5) is 5.69 Å². The molecule has 2 unspecified atom stereocenters. The van der Waals surface area contributed by atoms with Crippen molar-refractivity contribution in [3.8, 4) is 0 Å². The molecule has 0 fully saturated rings. The van der Waals surface area contributed by atoms with Crippen molar-refractivity contribution in [1.29, 1.82) is 0 Å². The van der Waals surface area contributed by atoms with Crippen molar-refractivity contribution < 1.29 is 4.79 Å². The van der Waals surface area contributed by atoms with E-state index in [0.29, 0.717) is 6.54 Å². The fourth-order valence-electron chi connectivity index (χ4n) is 2.44. The maximum absolute atomic E-state index is 12.2. The van der Waals surface area contributed by atoms with Crippen LogP contribution < -0.4 is 10.6 Å². The number of carbonyl (C=O) groups excluding carboxylic acids is 1. The van der Waals surface area contributed by atoms with Crippen molar-refractivity contribution in [2.45, 2.75) is 45.1 Å². The van der Waals surface area contributed by atoms with Gasteiger partial charge in [0.1, 0.15) is 0 Å². The van der Waals surface area contributed by atoms with E-state index in [9.17, 15) is 4.79 Å². The van der Waals surface area contributed by atoms with Crippen LogP contribution in [0.3, 0.4) is 0 Å². The summed E-state index contributed by atoms with van der Waals surface area (Å²) in [5.41, 5.74) is 2.22. The van der Waals surface area contributed by atoms with Gasteiger partial charge in [0.15, 0.2) is 0 Å². The molecule has 2 rings (SSSR count). The summed E-state index contributed by atoms with van der Waals surface area (Å²) >= 11 is 0. The molecule has 0 radical (unpaired) electrons. The predicted octanol–water partition coefficient (Wildman–Crippen LogP) is 2.89. The van der Waals surface area contributed by atoms with Crippen molar-refractivity contribution >= 4 is 11.6 Å². The molecule has 0 aliphatic carbocycles. The monoisotopic (exact) mass is 246 g/mol. The van der Waals surface area contributed by atoms with Gasteiger partial charge in [-0.05, 0) is 25.0 Å². The highest BCUT2D eigenvalue weighted by atomic mass is 16.2. The third-order valence-electron chi connectivity index (χ3n) is 3.53. The molecule has 1 amide bonds. The van der Waals surface area contributed by atoms with E-state index < -0.39 is 0 Å². The second kappa shape index (κ2) is 5.89. The predicted molar refractivity (Wildman–Crippen MR) is 74.8 cm³/mol. The largest absolute Gasteiger partial charge is 0.384 e. The van der Waals surface area contributed by atoms with Gasteiger partial charge >= 0.3 is 0 Å².